The van der Waals surface area contributed by atoms with E-state index in [0.717, 1.165) is 30.9 Å². The van der Waals surface area contributed by atoms with Crippen LogP contribution in [-0.2, 0) is 15.8 Å². The zero-order valence-corrected chi connectivity index (χ0v) is 13.2. The van der Waals surface area contributed by atoms with Gasteiger partial charge in [0.15, 0.2) is 5.67 Å². The molecule has 0 N–H and O–H groups in total. The Kier molecular flexibility index (Phi) is 2.63. The van der Waals surface area contributed by atoms with Crippen LogP contribution in [0.15, 0.2) is 30.5 Å². The van der Waals surface area contributed by atoms with E-state index in [1.165, 1.54) is 5.56 Å². The van der Waals surface area contributed by atoms with Gasteiger partial charge in [0.05, 0.1) is 24.6 Å². The molecule has 0 unspecified atom stereocenters. The topological polar surface area (TPSA) is 38.2 Å². The number of ether oxygens (including phenoxy) is 1. The van der Waals surface area contributed by atoms with E-state index in [4.69, 9.17) is 16.3 Å². The molecule has 23 heavy (non-hydrogen) atoms. The van der Waals surface area contributed by atoms with Gasteiger partial charge < -0.3 is 9.64 Å². The molecule has 2 aromatic rings. The molecular weight excluding hydrogens is 317 g/mol. The minimum absolute atomic E-state index is 0.0831. The van der Waals surface area contributed by atoms with Crippen molar-refractivity contribution < 1.29 is 9.13 Å². The first-order valence-electron chi connectivity index (χ1n) is 7.78. The zero-order valence-electron chi connectivity index (χ0n) is 12.4. The van der Waals surface area contributed by atoms with Crippen molar-refractivity contribution in [2.24, 2.45) is 0 Å². The molecule has 1 aliphatic carbocycles. The van der Waals surface area contributed by atoms with Crippen LogP contribution in [0.1, 0.15) is 24.1 Å². The third kappa shape index (κ3) is 1.93. The highest BCUT2D eigenvalue weighted by Gasteiger charge is 2.52. The number of fused-ring (bicyclic) bond motifs is 2. The quantitative estimate of drug-likeness (QED) is 0.789. The maximum atomic E-state index is 14.6. The van der Waals surface area contributed by atoms with Crippen molar-refractivity contribution in [1.29, 1.82) is 0 Å². The van der Waals surface area contributed by atoms with Crippen molar-refractivity contribution in [2.75, 3.05) is 24.7 Å². The summed E-state index contributed by atoms with van der Waals surface area (Å²) in [6.45, 7) is 1.02. The van der Waals surface area contributed by atoms with Gasteiger partial charge in [-0.2, -0.15) is 0 Å². The molecule has 1 spiro atoms. The van der Waals surface area contributed by atoms with Crippen LogP contribution in [0.2, 0.25) is 5.15 Å². The molecule has 6 heteroatoms. The van der Waals surface area contributed by atoms with Crippen LogP contribution in [-0.4, -0.2) is 29.7 Å². The normalized spacial score (nSPS) is 22.8. The summed E-state index contributed by atoms with van der Waals surface area (Å²) < 4.78 is 19.6. The molecule has 2 aromatic heterocycles. The van der Waals surface area contributed by atoms with Crippen molar-refractivity contribution in [1.82, 2.24) is 9.97 Å². The summed E-state index contributed by atoms with van der Waals surface area (Å²) in [4.78, 5) is 11.0. The molecule has 4 heterocycles. The summed E-state index contributed by atoms with van der Waals surface area (Å²) in [7, 11) is 0. The number of halogens is 2. The molecule has 1 saturated carbocycles. The van der Waals surface area contributed by atoms with Gasteiger partial charge in [-0.25, -0.2) is 14.4 Å². The van der Waals surface area contributed by atoms with E-state index >= 15 is 0 Å². The highest BCUT2D eigenvalue weighted by atomic mass is 35.5. The second-order valence-electron chi connectivity index (χ2n) is 6.73. The average Bonchev–Trinajstić information content (AvgIpc) is 3.23. The summed E-state index contributed by atoms with van der Waals surface area (Å²) in [6, 6.07) is 7.40. The molecule has 1 saturated heterocycles. The third-order valence-electron chi connectivity index (χ3n) is 5.16. The van der Waals surface area contributed by atoms with Crippen LogP contribution in [0.5, 0.6) is 0 Å². The van der Waals surface area contributed by atoms with Crippen molar-refractivity contribution in [3.63, 3.8) is 0 Å². The monoisotopic (exact) mass is 331 g/mol. The molecule has 3 aliphatic rings. The molecule has 5 rings (SSSR count). The lowest BCUT2D eigenvalue weighted by Crippen LogP contribution is -2.43. The molecule has 0 aromatic carbocycles. The Morgan fingerprint density at radius 2 is 2.09 bits per heavy atom. The highest BCUT2D eigenvalue weighted by Crippen LogP contribution is 2.57. The van der Waals surface area contributed by atoms with Gasteiger partial charge in [0.1, 0.15) is 11.0 Å². The Balaban J connectivity index is 1.59. The van der Waals surface area contributed by atoms with E-state index in [0.29, 0.717) is 10.8 Å². The largest absolute Gasteiger partial charge is 0.374 e. The Morgan fingerprint density at radius 1 is 1.26 bits per heavy atom. The van der Waals surface area contributed by atoms with E-state index in [2.05, 4.69) is 14.9 Å². The van der Waals surface area contributed by atoms with Crippen LogP contribution in [0.3, 0.4) is 0 Å². The summed E-state index contributed by atoms with van der Waals surface area (Å²) in [6.07, 6.45) is 4.19. The Bertz CT molecular complexity index is 804. The number of hydrogen-bond acceptors (Lipinski definition) is 4. The second-order valence-corrected chi connectivity index (χ2v) is 7.12. The van der Waals surface area contributed by atoms with Gasteiger partial charge in [-0.15, -0.1) is 0 Å². The number of alkyl halides is 1. The summed E-state index contributed by atoms with van der Waals surface area (Å²) in [5.74, 6) is 0.763. The number of rotatable bonds is 2. The minimum atomic E-state index is -1.45. The molecule has 0 bridgehead atoms. The Morgan fingerprint density at radius 3 is 2.78 bits per heavy atom. The van der Waals surface area contributed by atoms with Crippen LogP contribution in [0, 0.1) is 0 Å². The number of pyridine rings is 2. The van der Waals surface area contributed by atoms with Gasteiger partial charge in [0, 0.05) is 23.7 Å². The van der Waals surface area contributed by atoms with Crippen molar-refractivity contribution in [3.8, 4) is 0 Å². The van der Waals surface area contributed by atoms with Gasteiger partial charge in [-0.05, 0) is 31.0 Å². The van der Waals surface area contributed by atoms with Gasteiger partial charge >= 0.3 is 0 Å². The molecule has 0 atom stereocenters. The lowest BCUT2D eigenvalue weighted by atomic mass is 9.99. The Hall–Kier alpha value is -1.72. The van der Waals surface area contributed by atoms with Gasteiger partial charge in [0.25, 0.3) is 0 Å². The first-order valence-corrected chi connectivity index (χ1v) is 8.15. The Labute approximate surface area is 138 Å². The van der Waals surface area contributed by atoms with Gasteiger partial charge in [0.2, 0.25) is 0 Å². The fourth-order valence-corrected chi connectivity index (χ4v) is 3.71. The van der Waals surface area contributed by atoms with E-state index in [1.54, 1.807) is 6.07 Å². The molecule has 118 valence electrons. The van der Waals surface area contributed by atoms with Crippen molar-refractivity contribution in [2.45, 2.75) is 23.9 Å². The standard InChI is InChI=1S/C17H15ClFN3O/c18-14-6-12-11(7-20-14)16(4-5-16)8-22(12)15-3-1-2-13(21-15)17(19)9-23-10-17/h1-3,6-7H,4-5,8-10H2. The smallest absolute Gasteiger partial charge is 0.198 e. The van der Waals surface area contributed by atoms with Gasteiger partial charge in [-0.3, -0.25) is 0 Å². The van der Waals surface area contributed by atoms with Crippen LogP contribution in [0.25, 0.3) is 0 Å². The molecule has 2 fully saturated rings. The third-order valence-corrected chi connectivity index (χ3v) is 5.36. The maximum Gasteiger partial charge on any atom is 0.198 e. The number of hydrogen-bond donors (Lipinski definition) is 0. The van der Waals surface area contributed by atoms with E-state index < -0.39 is 5.67 Å². The predicted molar refractivity (Wildman–Crippen MR) is 85.0 cm³/mol. The van der Waals surface area contributed by atoms with Crippen molar-refractivity contribution >= 4 is 23.1 Å². The molecular formula is C17H15ClFN3O. The van der Waals surface area contributed by atoms with E-state index in [9.17, 15) is 4.39 Å². The fraction of sp³-hybridized carbons (Fsp3) is 0.412. The summed E-state index contributed by atoms with van der Waals surface area (Å²) in [5, 5.41) is 0.469. The van der Waals surface area contributed by atoms with Crippen molar-refractivity contribution in [3.05, 3.63) is 46.9 Å². The number of anilines is 2. The van der Waals surface area contributed by atoms with Gasteiger partial charge in [-0.1, -0.05) is 17.7 Å². The average molecular weight is 332 g/mol. The van der Waals surface area contributed by atoms with Crippen LogP contribution < -0.4 is 4.90 Å². The molecule has 4 nitrogen and oxygen atoms in total. The summed E-state index contributed by atoms with van der Waals surface area (Å²) >= 11 is 6.09. The summed E-state index contributed by atoms with van der Waals surface area (Å²) in [5.41, 5.74) is 1.45. The first kappa shape index (κ1) is 13.7. The lowest BCUT2D eigenvalue weighted by molar-refractivity contribution is -0.137. The second kappa shape index (κ2) is 4.42. The number of nitrogens with zero attached hydrogens (tertiary/aromatic N) is 3. The molecule has 0 radical (unpaired) electrons. The fourth-order valence-electron chi connectivity index (χ4n) is 3.56. The van der Waals surface area contributed by atoms with E-state index in [1.807, 2.05) is 24.4 Å². The minimum Gasteiger partial charge on any atom is -0.374 e. The highest BCUT2D eigenvalue weighted by molar-refractivity contribution is 6.29. The maximum absolute atomic E-state index is 14.6. The zero-order chi connectivity index (χ0) is 15.7. The first-order chi connectivity index (χ1) is 11.1. The predicted octanol–water partition coefficient (Wildman–Crippen LogP) is 3.51. The van der Waals surface area contributed by atoms with Crippen LogP contribution >= 0.6 is 11.6 Å². The molecule has 2 aliphatic heterocycles. The molecule has 0 amide bonds. The van der Waals surface area contributed by atoms with Crippen LogP contribution in [0.4, 0.5) is 15.9 Å². The van der Waals surface area contributed by atoms with E-state index in [-0.39, 0.29) is 18.6 Å². The number of aromatic nitrogens is 2. The lowest BCUT2D eigenvalue weighted by Gasteiger charge is -2.33. The SMILES string of the molecule is FC1(c2cccc(N3CC4(CC4)c4cnc(Cl)cc43)n2)COC1.